The molecule has 0 atom stereocenters. The maximum absolute atomic E-state index is 12.3. The topological polar surface area (TPSA) is 96.8 Å². The summed E-state index contributed by atoms with van der Waals surface area (Å²) in [4.78, 5) is 23.7. The highest BCUT2D eigenvalue weighted by Gasteiger charge is 2.14. The van der Waals surface area contributed by atoms with Crippen LogP contribution in [-0.2, 0) is 0 Å². The van der Waals surface area contributed by atoms with E-state index in [1.165, 1.54) is 0 Å². The largest absolute Gasteiger partial charge is 0.478 e. The molecule has 7 heteroatoms. The molecule has 4 aromatic rings. The Morgan fingerprint density at radius 1 is 1.06 bits per heavy atom. The van der Waals surface area contributed by atoms with Crippen LogP contribution in [0.2, 0.25) is 0 Å². The average Bonchev–Trinajstić information content (AvgIpc) is 3.29. The van der Waals surface area contributed by atoms with Crippen molar-refractivity contribution in [2.45, 2.75) is 20.8 Å². The van der Waals surface area contributed by atoms with Gasteiger partial charge in [-0.2, -0.15) is 5.10 Å². The predicted octanol–water partition coefficient (Wildman–Crippen LogP) is 4.61. The van der Waals surface area contributed by atoms with Crippen molar-refractivity contribution in [2.75, 3.05) is 0 Å². The number of nitrogens with zero attached hydrogens (tertiary/aromatic N) is 2. The molecule has 2 N–H and O–H groups in total. The van der Waals surface area contributed by atoms with Crippen LogP contribution in [0.4, 0.5) is 0 Å². The Morgan fingerprint density at radius 2 is 1.84 bits per heavy atom. The van der Waals surface area contributed by atoms with Gasteiger partial charge in [0.1, 0.15) is 5.58 Å². The number of hydrogen-bond donors (Lipinski definition) is 2. The van der Waals surface area contributed by atoms with E-state index in [2.05, 4.69) is 10.5 Å². The molecule has 0 unspecified atom stereocenters. The van der Waals surface area contributed by atoms with Gasteiger partial charge in [-0.05, 0) is 56.7 Å². The van der Waals surface area contributed by atoms with Crippen LogP contribution in [0.25, 0.3) is 16.7 Å². The molecule has 1 amide bonds. The van der Waals surface area contributed by atoms with E-state index >= 15 is 0 Å². The molecule has 2 heterocycles. The number of fused-ring (bicyclic) bond motifs is 1. The van der Waals surface area contributed by atoms with Gasteiger partial charge in [-0.1, -0.05) is 24.3 Å². The molecule has 0 aliphatic rings. The van der Waals surface area contributed by atoms with Crippen LogP contribution in [0.15, 0.2) is 64.1 Å². The van der Waals surface area contributed by atoms with Crippen molar-refractivity contribution >= 4 is 29.1 Å². The van der Waals surface area contributed by atoms with Crippen LogP contribution in [0, 0.1) is 20.8 Å². The summed E-state index contributed by atoms with van der Waals surface area (Å²) in [5.41, 5.74) is 7.71. The first kappa shape index (κ1) is 20.2. The van der Waals surface area contributed by atoms with Crippen molar-refractivity contribution in [3.63, 3.8) is 0 Å². The molecule has 0 saturated heterocycles. The van der Waals surface area contributed by atoms with Gasteiger partial charge in [-0.3, -0.25) is 4.79 Å². The number of amides is 1. The van der Waals surface area contributed by atoms with Crippen LogP contribution in [-0.4, -0.2) is 27.8 Å². The fourth-order valence-electron chi connectivity index (χ4n) is 3.58. The second-order valence-corrected chi connectivity index (χ2v) is 7.32. The highest BCUT2D eigenvalue weighted by molar-refractivity contribution is 5.96. The molecular formula is C24H21N3O4. The fourth-order valence-corrected chi connectivity index (χ4v) is 3.58. The SMILES string of the molecule is Cc1ccc(C(=O)O)cc1-n1c(C)cc(/C=N/NC(=O)c2cc3ccccc3o2)c1C. The first-order valence-corrected chi connectivity index (χ1v) is 9.70. The van der Waals surface area contributed by atoms with Crippen LogP contribution >= 0.6 is 0 Å². The number of carboxylic acid groups (broad SMARTS) is 1. The number of nitrogens with one attached hydrogen (secondary N) is 1. The molecular weight excluding hydrogens is 394 g/mol. The second-order valence-electron chi connectivity index (χ2n) is 7.32. The minimum Gasteiger partial charge on any atom is -0.478 e. The highest BCUT2D eigenvalue weighted by atomic mass is 16.4. The number of hydrogen-bond acceptors (Lipinski definition) is 4. The molecule has 2 aromatic heterocycles. The number of para-hydroxylation sites is 1. The summed E-state index contributed by atoms with van der Waals surface area (Å²) < 4.78 is 7.52. The molecule has 0 aliphatic carbocycles. The van der Waals surface area contributed by atoms with Gasteiger partial charge in [-0.25, -0.2) is 10.2 Å². The third kappa shape index (κ3) is 3.85. The van der Waals surface area contributed by atoms with E-state index in [9.17, 15) is 14.7 Å². The van der Waals surface area contributed by atoms with Gasteiger partial charge in [0.2, 0.25) is 0 Å². The minimum atomic E-state index is -0.973. The zero-order valence-electron chi connectivity index (χ0n) is 17.3. The number of aromatic nitrogens is 1. The van der Waals surface area contributed by atoms with Gasteiger partial charge < -0.3 is 14.1 Å². The molecule has 0 aliphatic heterocycles. The Morgan fingerprint density at radius 3 is 2.58 bits per heavy atom. The third-order valence-corrected chi connectivity index (χ3v) is 5.19. The quantitative estimate of drug-likeness (QED) is 0.367. The number of hydrazone groups is 1. The summed E-state index contributed by atoms with van der Waals surface area (Å²) in [5.74, 6) is -1.23. The van der Waals surface area contributed by atoms with Crippen molar-refractivity contribution in [3.05, 3.63) is 88.4 Å². The maximum Gasteiger partial charge on any atom is 0.335 e. The Hall–Kier alpha value is -4.13. The Kier molecular flexibility index (Phi) is 5.17. The van der Waals surface area contributed by atoms with E-state index in [-0.39, 0.29) is 11.3 Å². The molecule has 2 aromatic carbocycles. The van der Waals surface area contributed by atoms with Crippen LogP contribution in [0.1, 0.15) is 43.4 Å². The Labute approximate surface area is 178 Å². The lowest BCUT2D eigenvalue weighted by atomic mass is 10.1. The Bertz CT molecular complexity index is 1310. The van der Waals surface area contributed by atoms with Gasteiger partial charge in [0, 0.05) is 28.0 Å². The molecule has 31 heavy (non-hydrogen) atoms. The van der Waals surface area contributed by atoms with Gasteiger partial charge in [0.25, 0.3) is 0 Å². The summed E-state index contributed by atoms with van der Waals surface area (Å²) in [6, 6.07) is 16.0. The van der Waals surface area contributed by atoms with Crippen molar-refractivity contribution in [3.8, 4) is 5.69 Å². The molecule has 0 saturated carbocycles. The number of rotatable bonds is 5. The minimum absolute atomic E-state index is 0.185. The van der Waals surface area contributed by atoms with E-state index in [4.69, 9.17) is 4.42 Å². The number of carbonyl (C=O) groups excluding carboxylic acids is 1. The number of carboxylic acids is 1. The number of benzene rings is 2. The molecule has 0 bridgehead atoms. The third-order valence-electron chi connectivity index (χ3n) is 5.19. The molecule has 0 radical (unpaired) electrons. The Balaban J connectivity index is 1.57. The molecule has 0 fully saturated rings. The normalized spacial score (nSPS) is 11.3. The molecule has 156 valence electrons. The van der Waals surface area contributed by atoms with Gasteiger partial charge in [-0.15, -0.1) is 0 Å². The highest BCUT2D eigenvalue weighted by Crippen LogP contribution is 2.24. The van der Waals surface area contributed by atoms with Crippen LogP contribution in [0.3, 0.4) is 0 Å². The standard InChI is InChI=1S/C24H21N3O4/c1-14-8-9-18(24(29)30)11-20(14)27-15(2)10-19(16(27)3)13-25-26-23(28)22-12-17-6-4-5-7-21(17)31-22/h4-13H,1-3H3,(H,26,28)(H,29,30)/b25-13+. The monoisotopic (exact) mass is 415 g/mol. The summed E-state index contributed by atoms with van der Waals surface area (Å²) in [6.45, 7) is 5.79. The van der Waals surface area contributed by atoms with E-state index in [1.54, 1.807) is 36.5 Å². The lowest BCUT2D eigenvalue weighted by Crippen LogP contribution is -2.16. The van der Waals surface area contributed by atoms with Crippen molar-refractivity contribution < 1.29 is 19.1 Å². The summed E-state index contributed by atoms with van der Waals surface area (Å²) in [5, 5.41) is 14.2. The zero-order valence-corrected chi connectivity index (χ0v) is 17.3. The summed E-state index contributed by atoms with van der Waals surface area (Å²) in [6.07, 6.45) is 1.57. The number of aromatic carboxylic acids is 1. The first-order chi connectivity index (χ1) is 14.8. The van der Waals surface area contributed by atoms with Gasteiger partial charge >= 0.3 is 11.9 Å². The van der Waals surface area contributed by atoms with Crippen LogP contribution < -0.4 is 5.43 Å². The molecule has 0 spiro atoms. The van der Waals surface area contributed by atoms with E-state index < -0.39 is 11.9 Å². The maximum atomic E-state index is 12.3. The second kappa shape index (κ2) is 7.95. The number of furan rings is 1. The smallest absolute Gasteiger partial charge is 0.335 e. The summed E-state index contributed by atoms with van der Waals surface area (Å²) >= 11 is 0. The van der Waals surface area contributed by atoms with E-state index in [0.717, 1.165) is 33.6 Å². The van der Waals surface area contributed by atoms with Crippen molar-refractivity contribution in [1.29, 1.82) is 0 Å². The van der Waals surface area contributed by atoms with Crippen molar-refractivity contribution in [1.82, 2.24) is 9.99 Å². The molecule has 7 nitrogen and oxygen atoms in total. The van der Waals surface area contributed by atoms with E-state index in [0.29, 0.717) is 5.58 Å². The fraction of sp³-hybridized carbons (Fsp3) is 0.125. The molecule has 4 rings (SSSR count). The van der Waals surface area contributed by atoms with Crippen molar-refractivity contribution in [2.24, 2.45) is 5.10 Å². The predicted molar refractivity (Wildman–Crippen MR) is 118 cm³/mol. The van der Waals surface area contributed by atoms with E-state index in [1.807, 2.05) is 49.6 Å². The van der Waals surface area contributed by atoms with Crippen LogP contribution in [0.5, 0.6) is 0 Å². The summed E-state index contributed by atoms with van der Waals surface area (Å²) in [7, 11) is 0. The first-order valence-electron chi connectivity index (χ1n) is 9.70. The zero-order chi connectivity index (χ0) is 22.1. The average molecular weight is 415 g/mol. The lowest BCUT2D eigenvalue weighted by Gasteiger charge is -2.13. The lowest BCUT2D eigenvalue weighted by molar-refractivity contribution is 0.0696. The number of carbonyl (C=O) groups is 2. The van der Waals surface area contributed by atoms with Gasteiger partial charge in [0.15, 0.2) is 5.76 Å². The number of aryl methyl sites for hydroxylation is 2. The van der Waals surface area contributed by atoms with Gasteiger partial charge in [0.05, 0.1) is 11.8 Å².